The fourth-order valence-electron chi connectivity index (χ4n) is 1.60. The third-order valence-electron chi connectivity index (χ3n) is 2.42. The van der Waals surface area contributed by atoms with E-state index in [1.54, 1.807) is 6.07 Å². The SMILES string of the molecule is Cc1ccc(C)c(S(=O)(=O)NCCN)c1[N+](=O)[O-].Cl. The van der Waals surface area contributed by atoms with Crippen LogP contribution in [0.1, 0.15) is 11.1 Å². The van der Waals surface area contributed by atoms with E-state index >= 15 is 0 Å². The molecule has 19 heavy (non-hydrogen) atoms. The second kappa shape index (κ2) is 6.80. The number of rotatable bonds is 5. The summed E-state index contributed by atoms with van der Waals surface area (Å²) in [6, 6.07) is 3.06. The molecule has 0 fully saturated rings. The number of nitrogens with two attached hydrogens (primary N) is 1. The summed E-state index contributed by atoms with van der Waals surface area (Å²) >= 11 is 0. The molecule has 0 aliphatic rings. The first-order valence-electron chi connectivity index (χ1n) is 5.25. The van der Waals surface area contributed by atoms with Crippen LogP contribution in [-0.4, -0.2) is 26.4 Å². The van der Waals surface area contributed by atoms with Gasteiger partial charge in [0.25, 0.3) is 5.69 Å². The van der Waals surface area contributed by atoms with E-state index in [0.29, 0.717) is 11.1 Å². The number of sulfonamides is 1. The molecule has 0 amide bonds. The molecular formula is C10H16ClN3O4S. The van der Waals surface area contributed by atoms with Gasteiger partial charge in [0.15, 0.2) is 4.90 Å². The highest BCUT2D eigenvalue weighted by atomic mass is 35.5. The standard InChI is InChI=1S/C10H15N3O4S.ClH/c1-7-3-4-8(2)10(9(7)13(14)15)18(16,17)12-6-5-11;/h3-4,12H,5-6,11H2,1-2H3;1H. The number of halogens is 1. The molecule has 1 rings (SSSR count). The van der Waals surface area contributed by atoms with E-state index < -0.39 is 14.9 Å². The van der Waals surface area contributed by atoms with Crippen LogP contribution in [0.15, 0.2) is 17.0 Å². The highest BCUT2D eigenvalue weighted by Gasteiger charge is 2.29. The summed E-state index contributed by atoms with van der Waals surface area (Å²) in [6.45, 7) is 3.17. The molecule has 0 saturated heterocycles. The van der Waals surface area contributed by atoms with Gasteiger partial charge in [0.2, 0.25) is 10.0 Å². The summed E-state index contributed by atoms with van der Waals surface area (Å²) in [4.78, 5) is 10.0. The average Bonchev–Trinajstić information content (AvgIpc) is 2.28. The van der Waals surface area contributed by atoms with Crippen LogP contribution < -0.4 is 10.5 Å². The van der Waals surface area contributed by atoms with E-state index in [2.05, 4.69) is 4.72 Å². The van der Waals surface area contributed by atoms with Crippen molar-refractivity contribution in [3.63, 3.8) is 0 Å². The van der Waals surface area contributed by atoms with Gasteiger partial charge in [-0.2, -0.15) is 0 Å². The van der Waals surface area contributed by atoms with Crippen LogP contribution in [0, 0.1) is 24.0 Å². The highest BCUT2D eigenvalue weighted by molar-refractivity contribution is 7.89. The Bertz CT molecular complexity index is 574. The van der Waals surface area contributed by atoms with E-state index in [-0.39, 0.29) is 36.1 Å². The number of nitrogens with one attached hydrogen (secondary N) is 1. The van der Waals surface area contributed by atoms with Gasteiger partial charge in [0, 0.05) is 18.7 Å². The summed E-state index contributed by atoms with van der Waals surface area (Å²) < 4.78 is 26.3. The molecule has 0 aromatic heterocycles. The summed E-state index contributed by atoms with van der Waals surface area (Å²) in [7, 11) is -3.92. The Balaban J connectivity index is 0.00000324. The zero-order valence-corrected chi connectivity index (χ0v) is 12.2. The van der Waals surface area contributed by atoms with Crippen LogP contribution >= 0.6 is 12.4 Å². The number of benzene rings is 1. The smallest absolute Gasteiger partial charge is 0.292 e. The summed E-state index contributed by atoms with van der Waals surface area (Å²) in [6.07, 6.45) is 0. The summed E-state index contributed by atoms with van der Waals surface area (Å²) in [5.74, 6) is 0. The molecule has 0 aliphatic heterocycles. The number of hydrogen-bond acceptors (Lipinski definition) is 5. The lowest BCUT2D eigenvalue weighted by molar-refractivity contribution is -0.388. The van der Waals surface area contributed by atoms with Gasteiger partial charge in [-0.3, -0.25) is 10.1 Å². The lowest BCUT2D eigenvalue weighted by Crippen LogP contribution is -2.30. The Kier molecular flexibility index (Phi) is 6.37. The van der Waals surface area contributed by atoms with Crippen molar-refractivity contribution < 1.29 is 13.3 Å². The molecular weight excluding hydrogens is 294 g/mol. The third-order valence-corrected chi connectivity index (χ3v) is 4.05. The van der Waals surface area contributed by atoms with Crippen molar-refractivity contribution in [1.82, 2.24) is 4.72 Å². The number of nitrogens with zero attached hydrogens (tertiary/aromatic N) is 1. The number of aryl methyl sites for hydroxylation is 2. The van der Waals surface area contributed by atoms with Gasteiger partial charge in [-0.25, -0.2) is 13.1 Å². The van der Waals surface area contributed by atoms with Crippen LogP contribution in [0.2, 0.25) is 0 Å². The minimum absolute atomic E-state index is 0. The summed E-state index contributed by atoms with van der Waals surface area (Å²) in [5.41, 5.74) is 5.46. The zero-order valence-electron chi connectivity index (χ0n) is 10.5. The van der Waals surface area contributed by atoms with Crippen molar-refractivity contribution in [3.8, 4) is 0 Å². The minimum atomic E-state index is -3.92. The maximum absolute atomic E-state index is 12.0. The predicted octanol–water partition coefficient (Wildman–Crippen LogP) is 0.870. The Labute approximate surface area is 117 Å². The van der Waals surface area contributed by atoms with Crippen LogP contribution in [0.4, 0.5) is 5.69 Å². The fourth-order valence-corrected chi connectivity index (χ4v) is 3.11. The Morgan fingerprint density at radius 2 is 1.84 bits per heavy atom. The Morgan fingerprint density at radius 1 is 1.32 bits per heavy atom. The predicted molar refractivity (Wildman–Crippen MR) is 74.1 cm³/mol. The van der Waals surface area contributed by atoms with Gasteiger partial charge in [-0.05, 0) is 19.4 Å². The maximum atomic E-state index is 12.0. The molecule has 0 aliphatic carbocycles. The molecule has 0 spiro atoms. The van der Waals surface area contributed by atoms with E-state index in [9.17, 15) is 18.5 Å². The van der Waals surface area contributed by atoms with Crippen LogP contribution in [0.25, 0.3) is 0 Å². The summed E-state index contributed by atoms with van der Waals surface area (Å²) in [5, 5.41) is 11.0. The molecule has 0 bridgehead atoms. The first-order valence-corrected chi connectivity index (χ1v) is 6.74. The molecule has 0 atom stereocenters. The van der Waals surface area contributed by atoms with Crippen molar-refractivity contribution in [1.29, 1.82) is 0 Å². The second-order valence-electron chi connectivity index (χ2n) is 3.82. The van der Waals surface area contributed by atoms with Gasteiger partial charge >= 0.3 is 0 Å². The molecule has 0 saturated carbocycles. The Morgan fingerprint density at radius 3 is 2.32 bits per heavy atom. The quantitative estimate of drug-likeness (QED) is 0.618. The third kappa shape index (κ3) is 3.87. The van der Waals surface area contributed by atoms with Crippen molar-refractivity contribution in [2.75, 3.05) is 13.1 Å². The lowest BCUT2D eigenvalue weighted by Gasteiger charge is -2.10. The zero-order chi connectivity index (χ0) is 13.9. The van der Waals surface area contributed by atoms with Crippen molar-refractivity contribution in [2.24, 2.45) is 5.73 Å². The average molecular weight is 310 g/mol. The van der Waals surface area contributed by atoms with Gasteiger partial charge in [0.1, 0.15) is 0 Å². The maximum Gasteiger partial charge on any atom is 0.292 e. The molecule has 1 aromatic carbocycles. The molecule has 9 heteroatoms. The van der Waals surface area contributed by atoms with Crippen LogP contribution in [0.3, 0.4) is 0 Å². The Hall–Kier alpha value is -1.22. The monoisotopic (exact) mass is 309 g/mol. The highest BCUT2D eigenvalue weighted by Crippen LogP contribution is 2.30. The van der Waals surface area contributed by atoms with E-state index in [1.807, 2.05) is 0 Å². The molecule has 0 unspecified atom stereocenters. The van der Waals surface area contributed by atoms with E-state index in [0.717, 1.165) is 0 Å². The first-order chi connectivity index (χ1) is 8.31. The van der Waals surface area contributed by atoms with E-state index in [1.165, 1.54) is 19.9 Å². The van der Waals surface area contributed by atoms with Crippen molar-refractivity contribution in [3.05, 3.63) is 33.4 Å². The molecule has 1 aromatic rings. The molecule has 108 valence electrons. The second-order valence-corrected chi connectivity index (χ2v) is 5.52. The minimum Gasteiger partial charge on any atom is -0.329 e. The topological polar surface area (TPSA) is 115 Å². The fraction of sp³-hybridized carbons (Fsp3) is 0.400. The molecule has 7 nitrogen and oxygen atoms in total. The van der Waals surface area contributed by atoms with Crippen molar-refractivity contribution in [2.45, 2.75) is 18.7 Å². The van der Waals surface area contributed by atoms with Crippen molar-refractivity contribution >= 4 is 28.1 Å². The normalized spacial score (nSPS) is 10.9. The lowest BCUT2D eigenvalue weighted by atomic mass is 10.1. The van der Waals surface area contributed by atoms with Gasteiger partial charge in [0.05, 0.1) is 4.92 Å². The first kappa shape index (κ1) is 17.8. The van der Waals surface area contributed by atoms with Gasteiger partial charge in [-0.15, -0.1) is 12.4 Å². The number of nitro groups is 1. The number of hydrogen-bond donors (Lipinski definition) is 2. The van der Waals surface area contributed by atoms with Crippen LogP contribution in [-0.2, 0) is 10.0 Å². The van der Waals surface area contributed by atoms with Crippen LogP contribution in [0.5, 0.6) is 0 Å². The molecule has 0 radical (unpaired) electrons. The van der Waals surface area contributed by atoms with Gasteiger partial charge in [-0.1, -0.05) is 12.1 Å². The number of nitro benzene ring substituents is 1. The molecule has 3 N–H and O–H groups in total. The molecule has 0 heterocycles. The van der Waals surface area contributed by atoms with Gasteiger partial charge < -0.3 is 5.73 Å². The van der Waals surface area contributed by atoms with E-state index in [4.69, 9.17) is 5.73 Å². The largest absolute Gasteiger partial charge is 0.329 e.